The number of anilines is 1. The van der Waals surface area contributed by atoms with Crippen LogP contribution in [-0.2, 0) is 14.8 Å². The van der Waals surface area contributed by atoms with Crippen molar-refractivity contribution in [3.05, 3.63) is 83.9 Å². The van der Waals surface area contributed by atoms with Gasteiger partial charge in [-0.2, -0.15) is 4.31 Å². The Balaban J connectivity index is 1.48. The molecule has 1 heterocycles. The molecule has 0 unspecified atom stereocenters. The van der Waals surface area contributed by atoms with E-state index in [0.717, 1.165) is 43.2 Å². The van der Waals surface area contributed by atoms with Crippen LogP contribution in [0.2, 0.25) is 0 Å². The molecule has 34 heavy (non-hydrogen) atoms. The molecule has 1 saturated carbocycles. The van der Waals surface area contributed by atoms with Crippen molar-refractivity contribution < 1.29 is 17.9 Å². The number of carbonyl (C=O) groups is 1. The van der Waals surface area contributed by atoms with Gasteiger partial charge in [-0.1, -0.05) is 67.8 Å². The maximum atomic E-state index is 13.7. The summed E-state index contributed by atoms with van der Waals surface area (Å²) in [6.07, 6.45) is 4.93. The van der Waals surface area contributed by atoms with Gasteiger partial charge >= 0.3 is 0 Å². The van der Waals surface area contributed by atoms with Gasteiger partial charge in [-0.05, 0) is 37.1 Å². The van der Waals surface area contributed by atoms with Gasteiger partial charge in [-0.3, -0.25) is 4.79 Å². The summed E-state index contributed by atoms with van der Waals surface area (Å²) in [5, 5.41) is 2.93. The molecular weight excluding hydrogens is 448 g/mol. The Morgan fingerprint density at radius 3 is 2.06 bits per heavy atom. The first kappa shape index (κ1) is 22.6. The van der Waals surface area contributed by atoms with Crippen LogP contribution in [0.5, 0.6) is 11.5 Å². The number of sulfonamides is 1. The minimum absolute atomic E-state index is 0.0169. The van der Waals surface area contributed by atoms with Crippen molar-refractivity contribution in [1.29, 1.82) is 0 Å². The third-order valence-electron chi connectivity index (χ3n) is 6.83. The average Bonchev–Trinajstić information content (AvgIpc) is 2.87. The predicted molar refractivity (Wildman–Crippen MR) is 132 cm³/mol. The molecule has 1 aliphatic heterocycles. The first-order valence-electron chi connectivity index (χ1n) is 11.7. The van der Waals surface area contributed by atoms with E-state index in [0.29, 0.717) is 11.5 Å². The lowest BCUT2D eigenvalue weighted by molar-refractivity contribution is -0.116. The van der Waals surface area contributed by atoms with Crippen LogP contribution in [0.15, 0.2) is 77.7 Å². The number of benzene rings is 3. The van der Waals surface area contributed by atoms with Gasteiger partial charge in [0.25, 0.3) is 0 Å². The molecule has 7 heteroatoms. The molecule has 2 aliphatic rings. The van der Waals surface area contributed by atoms with E-state index >= 15 is 0 Å². The lowest BCUT2D eigenvalue weighted by atomic mass is 9.87. The molecule has 1 fully saturated rings. The van der Waals surface area contributed by atoms with E-state index in [9.17, 15) is 13.2 Å². The summed E-state index contributed by atoms with van der Waals surface area (Å²) < 4.78 is 34.6. The Morgan fingerprint density at radius 1 is 0.853 bits per heavy atom. The lowest BCUT2D eigenvalue weighted by Gasteiger charge is -2.31. The number of nitrogens with one attached hydrogen (secondary N) is 1. The van der Waals surface area contributed by atoms with Crippen LogP contribution in [0.4, 0.5) is 5.69 Å². The Kier molecular flexibility index (Phi) is 6.15. The minimum Gasteiger partial charge on any atom is -0.457 e. The molecule has 0 spiro atoms. The molecule has 176 valence electrons. The first-order chi connectivity index (χ1) is 16.5. The fourth-order valence-corrected chi connectivity index (χ4v) is 6.55. The van der Waals surface area contributed by atoms with Crippen LogP contribution in [-0.4, -0.2) is 31.7 Å². The quantitative estimate of drug-likeness (QED) is 0.526. The monoisotopic (exact) mass is 476 g/mol. The summed E-state index contributed by atoms with van der Waals surface area (Å²) in [5.41, 5.74) is 1.79. The molecular formula is C27H28N2O4S. The Labute approximate surface area is 200 Å². The third-order valence-corrected chi connectivity index (χ3v) is 8.80. The smallest absolute Gasteiger partial charge is 0.245 e. The summed E-state index contributed by atoms with van der Waals surface area (Å²) in [7, 11) is -2.13. The highest BCUT2D eigenvalue weighted by atomic mass is 32.2. The van der Waals surface area contributed by atoms with Gasteiger partial charge in [0.05, 0.1) is 11.6 Å². The Bertz CT molecular complexity index is 1270. The molecule has 1 amide bonds. The van der Waals surface area contributed by atoms with Gasteiger partial charge in [-0.25, -0.2) is 8.42 Å². The van der Waals surface area contributed by atoms with E-state index in [-0.39, 0.29) is 22.5 Å². The molecule has 0 aromatic heterocycles. The van der Waals surface area contributed by atoms with Gasteiger partial charge < -0.3 is 10.1 Å². The van der Waals surface area contributed by atoms with Crippen LogP contribution in [0, 0.1) is 0 Å². The topological polar surface area (TPSA) is 75.7 Å². The van der Waals surface area contributed by atoms with Crippen molar-refractivity contribution in [2.75, 3.05) is 12.4 Å². The Morgan fingerprint density at radius 2 is 1.41 bits per heavy atom. The molecule has 6 nitrogen and oxygen atoms in total. The van der Waals surface area contributed by atoms with Gasteiger partial charge in [-0.15, -0.1) is 0 Å². The summed E-state index contributed by atoms with van der Waals surface area (Å²) in [6.45, 7) is 0. The van der Waals surface area contributed by atoms with Gasteiger partial charge in [0, 0.05) is 24.2 Å². The number of carbonyl (C=O) groups excluding carboxylic acids is 1. The van der Waals surface area contributed by atoms with E-state index < -0.39 is 15.9 Å². The van der Waals surface area contributed by atoms with Gasteiger partial charge in [0.2, 0.25) is 15.9 Å². The zero-order valence-electron chi connectivity index (χ0n) is 19.1. The molecule has 1 aliphatic carbocycles. The van der Waals surface area contributed by atoms with Crippen molar-refractivity contribution in [2.24, 2.45) is 0 Å². The maximum absolute atomic E-state index is 13.7. The Hall–Kier alpha value is -3.16. The van der Waals surface area contributed by atoms with E-state index in [1.807, 2.05) is 48.5 Å². The highest BCUT2D eigenvalue weighted by Crippen LogP contribution is 2.44. The highest BCUT2D eigenvalue weighted by Gasteiger charge is 2.35. The fourth-order valence-electron chi connectivity index (χ4n) is 4.99. The largest absolute Gasteiger partial charge is 0.457 e. The third kappa shape index (κ3) is 4.10. The van der Waals surface area contributed by atoms with Crippen LogP contribution in [0.3, 0.4) is 0 Å². The number of rotatable bonds is 5. The zero-order valence-corrected chi connectivity index (χ0v) is 19.9. The van der Waals surface area contributed by atoms with Crippen molar-refractivity contribution >= 4 is 21.6 Å². The number of amides is 1. The second kappa shape index (κ2) is 9.24. The zero-order chi connectivity index (χ0) is 23.7. The summed E-state index contributed by atoms with van der Waals surface area (Å²) in [4.78, 5) is 13.8. The number of nitrogens with zero attached hydrogens (tertiary/aromatic N) is 1. The number of para-hydroxylation sites is 3. The number of hydrogen-bond donors (Lipinski definition) is 1. The van der Waals surface area contributed by atoms with Gasteiger partial charge in [0.1, 0.15) is 16.4 Å². The number of fused-ring (bicyclic) bond motifs is 2. The molecule has 3 aromatic carbocycles. The van der Waals surface area contributed by atoms with Crippen molar-refractivity contribution in [3.8, 4) is 11.5 Å². The normalized spacial score (nSPS) is 16.4. The van der Waals surface area contributed by atoms with Crippen molar-refractivity contribution in [1.82, 2.24) is 4.31 Å². The van der Waals surface area contributed by atoms with E-state index in [1.54, 1.807) is 31.3 Å². The maximum Gasteiger partial charge on any atom is 0.245 e. The van der Waals surface area contributed by atoms with Crippen LogP contribution in [0.25, 0.3) is 0 Å². The molecule has 0 atom stereocenters. The second-order valence-corrected chi connectivity index (χ2v) is 10.9. The van der Waals surface area contributed by atoms with Crippen LogP contribution < -0.4 is 10.1 Å². The summed E-state index contributed by atoms with van der Waals surface area (Å²) in [5.74, 6) is 0.331. The molecule has 0 bridgehead atoms. The number of hydrogen-bond acceptors (Lipinski definition) is 4. The molecule has 0 saturated heterocycles. The van der Waals surface area contributed by atoms with E-state index in [1.165, 1.54) is 4.31 Å². The summed E-state index contributed by atoms with van der Waals surface area (Å²) in [6, 6.07) is 21.5. The fraction of sp³-hybridized carbons (Fsp3) is 0.296. The predicted octanol–water partition coefficient (Wildman–Crippen LogP) is 5.52. The lowest BCUT2D eigenvalue weighted by Crippen LogP contribution is -2.38. The summed E-state index contributed by atoms with van der Waals surface area (Å²) >= 11 is 0. The van der Waals surface area contributed by atoms with Crippen molar-refractivity contribution in [3.63, 3.8) is 0 Å². The van der Waals surface area contributed by atoms with Crippen LogP contribution in [0.1, 0.15) is 49.1 Å². The van der Waals surface area contributed by atoms with Crippen molar-refractivity contribution in [2.45, 2.75) is 49.0 Å². The minimum atomic E-state index is -3.77. The highest BCUT2D eigenvalue weighted by molar-refractivity contribution is 7.89. The van der Waals surface area contributed by atoms with E-state index in [2.05, 4.69) is 5.32 Å². The number of ether oxygens (including phenoxy) is 1. The first-order valence-corrected chi connectivity index (χ1v) is 13.1. The van der Waals surface area contributed by atoms with Crippen LogP contribution >= 0.6 is 0 Å². The molecule has 1 N–H and O–H groups in total. The van der Waals surface area contributed by atoms with E-state index in [4.69, 9.17) is 4.74 Å². The molecule has 0 radical (unpaired) electrons. The molecule has 5 rings (SSSR count). The second-order valence-electron chi connectivity index (χ2n) is 8.91. The molecule has 3 aromatic rings. The average molecular weight is 477 g/mol. The van der Waals surface area contributed by atoms with Gasteiger partial charge in [0.15, 0.2) is 0 Å². The SMILES string of the molecule is CN(C1CCCCC1)S(=O)(=O)c1ccccc1NC(=O)C1c2ccccc2Oc2ccccc21. The standard InChI is InChI=1S/C27H28N2O4S/c1-29(19-11-3-2-4-12-19)34(31,32)25-18-10-7-15-22(25)28-27(30)26-20-13-5-8-16-23(20)33-24-17-9-6-14-21(24)26/h5-10,13-19,26H,2-4,11-12H2,1H3,(H,28,30).